The Kier molecular flexibility index (Phi) is 3.91. The summed E-state index contributed by atoms with van der Waals surface area (Å²) >= 11 is 0. The van der Waals surface area contributed by atoms with Crippen LogP contribution in [0.2, 0.25) is 0 Å². The molecule has 2 aromatic rings. The van der Waals surface area contributed by atoms with Gasteiger partial charge in [0.15, 0.2) is 0 Å². The molecule has 0 bridgehead atoms. The minimum atomic E-state index is -0.172. The number of carbonyl (C=O) groups excluding carboxylic acids is 1. The summed E-state index contributed by atoms with van der Waals surface area (Å²) in [6.45, 7) is 2.28. The molecule has 0 atom stereocenters. The van der Waals surface area contributed by atoms with E-state index in [1.807, 2.05) is 37.3 Å². The fourth-order valence-electron chi connectivity index (χ4n) is 1.44. The number of aromatic nitrogens is 1. The van der Waals surface area contributed by atoms with Gasteiger partial charge in [-0.2, -0.15) is 0 Å². The maximum Gasteiger partial charge on any atom is 0.244 e. The predicted molar refractivity (Wildman–Crippen MR) is 68.6 cm³/mol. The van der Waals surface area contributed by atoms with Crippen molar-refractivity contribution in [3.8, 4) is 0 Å². The zero-order valence-electron chi connectivity index (χ0n) is 10.1. The van der Waals surface area contributed by atoms with Crippen molar-refractivity contribution in [1.82, 2.24) is 10.3 Å². The lowest BCUT2D eigenvalue weighted by atomic mass is 10.3. The van der Waals surface area contributed by atoms with Gasteiger partial charge in [0.1, 0.15) is 11.5 Å². The molecule has 0 aliphatic carbocycles. The largest absolute Gasteiger partial charge is 0.462 e. The molecule has 1 amide bonds. The van der Waals surface area contributed by atoms with Gasteiger partial charge in [-0.1, -0.05) is 6.07 Å². The van der Waals surface area contributed by atoms with E-state index in [2.05, 4.69) is 10.3 Å². The Morgan fingerprint density at radius 1 is 1.39 bits per heavy atom. The van der Waals surface area contributed by atoms with Gasteiger partial charge in [-0.05, 0) is 37.3 Å². The number of rotatable bonds is 4. The minimum Gasteiger partial charge on any atom is -0.462 e. The highest BCUT2D eigenvalue weighted by molar-refractivity contribution is 5.91. The van der Waals surface area contributed by atoms with Crippen molar-refractivity contribution in [3.05, 3.63) is 59.8 Å². The Hall–Kier alpha value is -2.36. The lowest BCUT2D eigenvalue weighted by Gasteiger charge is -2.00. The fraction of sp³-hybridized carbons (Fsp3) is 0.143. The van der Waals surface area contributed by atoms with Crippen molar-refractivity contribution in [2.75, 3.05) is 0 Å². The van der Waals surface area contributed by atoms with Crippen molar-refractivity contribution >= 4 is 12.0 Å². The molecule has 2 rings (SSSR count). The van der Waals surface area contributed by atoms with Gasteiger partial charge in [-0.25, -0.2) is 0 Å². The average molecular weight is 242 g/mol. The normalized spacial score (nSPS) is 10.7. The standard InChI is InChI=1S/C14H14N2O2/c1-11-5-6-13(18-11)7-8-14(17)16-10-12-4-2-3-9-15-12/h2-9H,10H2,1H3,(H,16,17)/b8-7+. The van der Waals surface area contributed by atoms with Crippen LogP contribution in [0.3, 0.4) is 0 Å². The van der Waals surface area contributed by atoms with Gasteiger partial charge in [0.05, 0.1) is 12.2 Å². The maximum atomic E-state index is 11.5. The van der Waals surface area contributed by atoms with E-state index >= 15 is 0 Å². The van der Waals surface area contributed by atoms with E-state index in [-0.39, 0.29) is 5.91 Å². The Morgan fingerprint density at radius 3 is 2.94 bits per heavy atom. The van der Waals surface area contributed by atoms with Crippen molar-refractivity contribution in [2.45, 2.75) is 13.5 Å². The molecule has 0 fully saturated rings. The zero-order valence-corrected chi connectivity index (χ0v) is 10.1. The molecule has 0 aliphatic heterocycles. The lowest BCUT2D eigenvalue weighted by molar-refractivity contribution is -0.116. The molecule has 4 nitrogen and oxygen atoms in total. The number of nitrogens with zero attached hydrogens (tertiary/aromatic N) is 1. The summed E-state index contributed by atoms with van der Waals surface area (Å²) in [5, 5.41) is 2.75. The van der Waals surface area contributed by atoms with Crippen LogP contribution in [-0.4, -0.2) is 10.9 Å². The Labute approximate surface area is 105 Å². The van der Waals surface area contributed by atoms with Crippen molar-refractivity contribution in [3.63, 3.8) is 0 Å². The first-order valence-electron chi connectivity index (χ1n) is 5.66. The third-order valence-electron chi connectivity index (χ3n) is 2.33. The second-order valence-electron chi connectivity index (χ2n) is 3.82. The molecule has 2 heterocycles. The monoisotopic (exact) mass is 242 g/mol. The second-order valence-corrected chi connectivity index (χ2v) is 3.82. The average Bonchev–Trinajstić information content (AvgIpc) is 2.81. The molecule has 0 spiro atoms. The van der Waals surface area contributed by atoms with Crippen LogP contribution < -0.4 is 5.32 Å². The van der Waals surface area contributed by atoms with Crippen molar-refractivity contribution in [1.29, 1.82) is 0 Å². The third-order valence-corrected chi connectivity index (χ3v) is 2.33. The van der Waals surface area contributed by atoms with Crippen LogP contribution >= 0.6 is 0 Å². The third kappa shape index (κ3) is 3.59. The Morgan fingerprint density at radius 2 is 2.28 bits per heavy atom. The summed E-state index contributed by atoms with van der Waals surface area (Å²) in [6, 6.07) is 9.25. The van der Waals surface area contributed by atoms with Gasteiger partial charge in [0.25, 0.3) is 0 Å². The highest BCUT2D eigenvalue weighted by Crippen LogP contribution is 2.07. The van der Waals surface area contributed by atoms with Crippen LogP contribution in [0, 0.1) is 6.92 Å². The molecule has 92 valence electrons. The summed E-state index contributed by atoms with van der Waals surface area (Å²) < 4.78 is 5.32. The topological polar surface area (TPSA) is 55.1 Å². The summed E-state index contributed by atoms with van der Waals surface area (Å²) in [5.74, 6) is 1.32. The van der Waals surface area contributed by atoms with Gasteiger partial charge in [-0.3, -0.25) is 9.78 Å². The van der Waals surface area contributed by atoms with E-state index < -0.39 is 0 Å². The fourth-order valence-corrected chi connectivity index (χ4v) is 1.44. The first-order chi connectivity index (χ1) is 8.74. The van der Waals surface area contributed by atoms with Crippen LogP contribution in [-0.2, 0) is 11.3 Å². The molecule has 0 aliphatic rings. The highest BCUT2D eigenvalue weighted by Gasteiger charge is 1.98. The quantitative estimate of drug-likeness (QED) is 0.837. The SMILES string of the molecule is Cc1ccc(/C=C/C(=O)NCc2ccccn2)o1. The molecule has 0 saturated heterocycles. The Balaban J connectivity index is 1.84. The molecular weight excluding hydrogens is 228 g/mol. The lowest BCUT2D eigenvalue weighted by Crippen LogP contribution is -2.20. The Bertz CT molecular complexity index is 544. The van der Waals surface area contributed by atoms with E-state index in [0.29, 0.717) is 12.3 Å². The molecule has 0 aromatic carbocycles. The molecule has 0 unspecified atom stereocenters. The van der Waals surface area contributed by atoms with Crippen LogP contribution in [0.25, 0.3) is 6.08 Å². The number of carbonyl (C=O) groups is 1. The van der Waals surface area contributed by atoms with Crippen LogP contribution in [0.1, 0.15) is 17.2 Å². The molecule has 4 heteroatoms. The van der Waals surface area contributed by atoms with E-state index in [1.54, 1.807) is 12.3 Å². The van der Waals surface area contributed by atoms with Gasteiger partial charge >= 0.3 is 0 Å². The number of hydrogen-bond donors (Lipinski definition) is 1. The second kappa shape index (κ2) is 5.82. The first-order valence-corrected chi connectivity index (χ1v) is 5.66. The number of furan rings is 1. The van der Waals surface area contributed by atoms with Crippen molar-refractivity contribution < 1.29 is 9.21 Å². The van der Waals surface area contributed by atoms with E-state index in [1.165, 1.54) is 6.08 Å². The van der Waals surface area contributed by atoms with E-state index in [9.17, 15) is 4.79 Å². The molecule has 2 aromatic heterocycles. The van der Waals surface area contributed by atoms with Crippen molar-refractivity contribution in [2.24, 2.45) is 0 Å². The van der Waals surface area contributed by atoms with Crippen LogP contribution in [0.15, 0.2) is 47.0 Å². The smallest absolute Gasteiger partial charge is 0.244 e. The van der Waals surface area contributed by atoms with Gasteiger partial charge < -0.3 is 9.73 Å². The van der Waals surface area contributed by atoms with E-state index in [4.69, 9.17) is 4.42 Å². The molecular formula is C14H14N2O2. The number of pyridine rings is 1. The summed E-state index contributed by atoms with van der Waals surface area (Å²) in [4.78, 5) is 15.6. The summed E-state index contributed by atoms with van der Waals surface area (Å²) in [5.41, 5.74) is 0.827. The van der Waals surface area contributed by atoms with Gasteiger partial charge in [0.2, 0.25) is 5.91 Å². The minimum absolute atomic E-state index is 0.172. The highest BCUT2D eigenvalue weighted by atomic mass is 16.3. The van der Waals surface area contributed by atoms with Gasteiger partial charge in [-0.15, -0.1) is 0 Å². The van der Waals surface area contributed by atoms with Crippen LogP contribution in [0.4, 0.5) is 0 Å². The van der Waals surface area contributed by atoms with E-state index in [0.717, 1.165) is 11.5 Å². The first kappa shape index (κ1) is 12.1. The maximum absolute atomic E-state index is 11.5. The predicted octanol–water partition coefficient (Wildman–Crippen LogP) is 2.31. The molecule has 0 saturated carbocycles. The molecule has 1 N–H and O–H groups in total. The molecule has 0 radical (unpaired) electrons. The summed E-state index contributed by atoms with van der Waals surface area (Å²) in [7, 11) is 0. The zero-order chi connectivity index (χ0) is 12.8. The number of aryl methyl sites for hydroxylation is 1. The van der Waals surface area contributed by atoms with Gasteiger partial charge in [0, 0.05) is 12.3 Å². The van der Waals surface area contributed by atoms with Crippen LogP contribution in [0.5, 0.6) is 0 Å². The summed E-state index contributed by atoms with van der Waals surface area (Å²) in [6.07, 6.45) is 4.78. The number of hydrogen-bond acceptors (Lipinski definition) is 3. The number of amides is 1. The number of nitrogens with one attached hydrogen (secondary N) is 1. The molecule has 18 heavy (non-hydrogen) atoms.